The molecule has 1 aliphatic heterocycles. The number of hydrogen-bond donors (Lipinski definition) is 4. The van der Waals surface area contributed by atoms with E-state index in [1.165, 1.54) is 12.1 Å². The molecule has 0 unspecified atom stereocenters. The van der Waals surface area contributed by atoms with Crippen LogP contribution >= 0.6 is 0 Å². The van der Waals surface area contributed by atoms with Crippen molar-refractivity contribution in [3.63, 3.8) is 0 Å². The Kier molecular flexibility index (Phi) is 5.11. The van der Waals surface area contributed by atoms with Crippen molar-refractivity contribution in [3.05, 3.63) is 35.1 Å². The van der Waals surface area contributed by atoms with Gasteiger partial charge in [-0.05, 0) is 36.6 Å². The molecule has 0 atom stereocenters. The first-order valence-electron chi connectivity index (χ1n) is 6.79. The van der Waals surface area contributed by atoms with Gasteiger partial charge in [0, 0.05) is 30.9 Å². The first kappa shape index (κ1) is 15.7. The molecule has 1 aromatic rings. The monoisotopic (exact) mass is 297 g/mol. The van der Waals surface area contributed by atoms with Gasteiger partial charge in [-0.3, -0.25) is 0 Å². The number of benzene rings is 1. The number of nitrogens with one attached hydrogen (secondary N) is 1. The first-order valence-corrected chi connectivity index (χ1v) is 6.79. The van der Waals surface area contributed by atoms with Crippen LogP contribution in [-0.2, 0) is 11.3 Å². The van der Waals surface area contributed by atoms with E-state index in [1.807, 2.05) is 0 Å². The first-order chi connectivity index (χ1) is 10.1. The lowest BCUT2D eigenvalue weighted by molar-refractivity contribution is 0.0111. The lowest BCUT2D eigenvalue weighted by Crippen LogP contribution is -2.51. The van der Waals surface area contributed by atoms with Crippen molar-refractivity contribution in [2.45, 2.75) is 24.9 Å². The fraction of sp³-hybridized carbons (Fsp3) is 0.500. The SMILES string of the molecule is N/C(=N/O)c1cc(F)cc(CNC2(CO)CCOCC2)c1. The highest BCUT2D eigenvalue weighted by atomic mass is 19.1. The summed E-state index contributed by atoms with van der Waals surface area (Å²) in [4.78, 5) is 0. The molecule has 7 heteroatoms. The lowest BCUT2D eigenvalue weighted by Gasteiger charge is -2.36. The van der Waals surface area contributed by atoms with E-state index in [2.05, 4.69) is 10.5 Å². The number of rotatable bonds is 5. The minimum atomic E-state index is -0.457. The zero-order valence-electron chi connectivity index (χ0n) is 11.7. The van der Waals surface area contributed by atoms with Crippen molar-refractivity contribution in [2.24, 2.45) is 10.9 Å². The molecule has 2 rings (SSSR count). The third kappa shape index (κ3) is 3.90. The number of hydrogen-bond acceptors (Lipinski definition) is 5. The van der Waals surface area contributed by atoms with Crippen LogP contribution in [0.3, 0.4) is 0 Å². The number of aliphatic hydroxyl groups excluding tert-OH is 1. The van der Waals surface area contributed by atoms with Crippen molar-refractivity contribution >= 4 is 5.84 Å². The Bertz CT molecular complexity index is 516. The number of amidine groups is 1. The summed E-state index contributed by atoms with van der Waals surface area (Å²) in [5, 5.41) is 24.4. The van der Waals surface area contributed by atoms with Crippen LogP contribution in [0.15, 0.2) is 23.4 Å². The van der Waals surface area contributed by atoms with E-state index >= 15 is 0 Å². The Morgan fingerprint density at radius 3 is 2.71 bits per heavy atom. The zero-order valence-corrected chi connectivity index (χ0v) is 11.7. The Morgan fingerprint density at radius 1 is 1.38 bits per heavy atom. The normalized spacial score (nSPS) is 18.7. The number of nitrogens with zero attached hydrogens (tertiary/aromatic N) is 1. The summed E-state index contributed by atoms with van der Waals surface area (Å²) in [7, 11) is 0. The number of ether oxygens (including phenoxy) is 1. The highest BCUT2D eigenvalue weighted by Gasteiger charge is 2.31. The predicted octanol–water partition coefficient (Wildman–Crippen LogP) is 0.551. The van der Waals surface area contributed by atoms with Gasteiger partial charge in [-0.1, -0.05) is 5.16 Å². The minimum Gasteiger partial charge on any atom is -0.409 e. The highest BCUT2D eigenvalue weighted by Crippen LogP contribution is 2.21. The second kappa shape index (κ2) is 6.84. The van der Waals surface area contributed by atoms with E-state index in [0.29, 0.717) is 43.7 Å². The van der Waals surface area contributed by atoms with E-state index in [4.69, 9.17) is 15.7 Å². The largest absolute Gasteiger partial charge is 0.409 e. The molecule has 1 aromatic carbocycles. The molecule has 0 bridgehead atoms. The average Bonchev–Trinajstić information content (AvgIpc) is 2.52. The topological polar surface area (TPSA) is 100 Å². The summed E-state index contributed by atoms with van der Waals surface area (Å²) in [6.07, 6.45) is 1.40. The molecule has 0 radical (unpaired) electrons. The molecule has 1 aliphatic rings. The van der Waals surface area contributed by atoms with Gasteiger partial charge in [-0.15, -0.1) is 0 Å². The minimum absolute atomic E-state index is 0.00122. The summed E-state index contributed by atoms with van der Waals surface area (Å²) in [6.45, 7) is 1.56. The summed E-state index contributed by atoms with van der Waals surface area (Å²) < 4.78 is 18.9. The molecule has 1 saturated heterocycles. The molecule has 5 N–H and O–H groups in total. The van der Waals surface area contributed by atoms with Crippen LogP contribution in [0.2, 0.25) is 0 Å². The van der Waals surface area contributed by atoms with E-state index in [1.54, 1.807) is 6.07 Å². The van der Waals surface area contributed by atoms with Crippen LogP contribution in [0.4, 0.5) is 4.39 Å². The van der Waals surface area contributed by atoms with Gasteiger partial charge >= 0.3 is 0 Å². The second-order valence-corrected chi connectivity index (χ2v) is 5.24. The smallest absolute Gasteiger partial charge is 0.170 e. The van der Waals surface area contributed by atoms with Gasteiger partial charge in [0.15, 0.2) is 5.84 Å². The summed E-state index contributed by atoms with van der Waals surface area (Å²) in [5.74, 6) is -0.598. The van der Waals surface area contributed by atoms with E-state index in [0.717, 1.165) is 0 Å². The van der Waals surface area contributed by atoms with Gasteiger partial charge in [0.1, 0.15) is 5.82 Å². The Labute approximate surface area is 122 Å². The number of halogens is 1. The van der Waals surface area contributed by atoms with Crippen LogP contribution in [0.5, 0.6) is 0 Å². The molecule has 1 fully saturated rings. The van der Waals surface area contributed by atoms with E-state index < -0.39 is 11.4 Å². The molecule has 1 heterocycles. The molecule has 21 heavy (non-hydrogen) atoms. The third-order valence-corrected chi connectivity index (χ3v) is 3.78. The lowest BCUT2D eigenvalue weighted by atomic mass is 9.90. The van der Waals surface area contributed by atoms with Gasteiger partial charge in [-0.25, -0.2) is 4.39 Å². The number of nitrogens with two attached hydrogens (primary N) is 1. The molecule has 0 aromatic heterocycles. The van der Waals surface area contributed by atoms with Crippen LogP contribution in [0.25, 0.3) is 0 Å². The van der Waals surface area contributed by atoms with Crippen molar-refractivity contribution in [3.8, 4) is 0 Å². The third-order valence-electron chi connectivity index (χ3n) is 3.78. The summed E-state index contributed by atoms with van der Waals surface area (Å²) >= 11 is 0. The maximum absolute atomic E-state index is 13.6. The molecule has 0 aliphatic carbocycles. The quantitative estimate of drug-likeness (QED) is 0.275. The second-order valence-electron chi connectivity index (χ2n) is 5.24. The summed E-state index contributed by atoms with van der Waals surface area (Å²) in [6, 6.07) is 4.23. The number of aliphatic hydroxyl groups is 1. The fourth-order valence-corrected chi connectivity index (χ4v) is 2.40. The maximum atomic E-state index is 13.6. The van der Waals surface area contributed by atoms with Gasteiger partial charge in [-0.2, -0.15) is 0 Å². The molecule has 0 saturated carbocycles. The molecular formula is C14H20FN3O3. The Hall–Kier alpha value is -1.70. The standard InChI is InChI=1S/C14H20FN3O3/c15-12-6-10(5-11(7-12)13(16)18-20)8-17-14(9-19)1-3-21-4-2-14/h5-7,17,19-20H,1-4,8-9H2,(H2,16,18). The Balaban J connectivity index is 2.10. The van der Waals surface area contributed by atoms with E-state index in [-0.39, 0.29) is 12.4 Å². The number of oxime groups is 1. The van der Waals surface area contributed by atoms with Crippen LogP contribution < -0.4 is 11.1 Å². The van der Waals surface area contributed by atoms with Gasteiger partial charge < -0.3 is 26.1 Å². The van der Waals surface area contributed by atoms with Crippen molar-refractivity contribution in [1.82, 2.24) is 5.32 Å². The fourth-order valence-electron chi connectivity index (χ4n) is 2.40. The van der Waals surface area contributed by atoms with Crippen molar-refractivity contribution < 1.29 is 19.4 Å². The highest BCUT2D eigenvalue weighted by molar-refractivity contribution is 5.97. The van der Waals surface area contributed by atoms with Gasteiger partial charge in [0.05, 0.1) is 6.61 Å². The van der Waals surface area contributed by atoms with Crippen molar-refractivity contribution in [1.29, 1.82) is 0 Å². The van der Waals surface area contributed by atoms with Crippen LogP contribution in [-0.4, -0.2) is 41.5 Å². The van der Waals surface area contributed by atoms with Crippen LogP contribution in [0, 0.1) is 5.82 Å². The molecule has 6 nitrogen and oxygen atoms in total. The molecule has 0 amide bonds. The van der Waals surface area contributed by atoms with Crippen molar-refractivity contribution in [2.75, 3.05) is 19.8 Å². The molecule has 116 valence electrons. The average molecular weight is 297 g/mol. The zero-order chi connectivity index (χ0) is 15.3. The van der Waals surface area contributed by atoms with Gasteiger partial charge in [0.25, 0.3) is 0 Å². The summed E-state index contributed by atoms with van der Waals surface area (Å²) in [5.41, 5.74) is 6.06. The molecule has 0 spiro atoms. The van der Waals surface area contributed by atoms with Gasteiger partial charge in [0.2, 0.25) is 0 Å². The molecular weight excluding hydrogens is 277 g/mol. The van der Waals surface area contributed by atoms with Crippen LogP contribution in [0.1, 0.15) is 24.0 Å². The predicted molar refractivity (Wildman–Crippen MR) is 75.6 cm³/mol. The maximum Gasteiger partial charge on any atom is 0.170 e. The Morgan fingerprint density at radius 2 is 2.10 bits per heavy atom. The van der Waals surface area contributed by atoms with E-state index in [9.17, 15) is 9.50 Å².